The lowest BCUT2D eigenvalue weighted by molar-refractivity contribution is 0.0955. The van der Waals surface area contributed by atoms with Crippen molar-refractivity contribution in [2.75, 3.05) is 31.1 Å². The number of hydrogen-bond acceptors (Lipinski definition) is 5. The van der Waals surface area contributed by atoms with E-state index >= 15 is 0 Å². The molecule has 2 fully saturated rings. The summed E-state index contributed by atoms with van der Waals surface area (Å²) in [6, 6.07) is 8.28. The van der Waals surface area contributed by atoms with E-state index in [0.29, 0.717) is 16.4 Å². The number of aromatic nitrogens is 1. The fraction of sp³-hybridized carbons (Fsp3) is 0.524. The fourth-order valence-electron chi connectivity index (χ4n) is 4.13. The van der Waals surface area contributed by atoms with Gasteiger partial charge in [-0.25, -0.2) is 4.98 Å². The number of carbonyl (C=O) groups excluding carboxylic acids is 1. The molecule has 0 spiro atoms. The van der Waals surface area contributed by atoms with Gasteiger partial charge in [0.15, 0.2) is 5.13 Å². The van der Waals surface area contributed by atoms with Crippen LogP contribution in [0.3, 0.4) is 0 Å². The van der Waals surface area contributed by atoms with Crippen molar-refractivity contribution in [3.05, 3.63) is 45.9 Å². The van der Waals surface area contributed by atoms with Crippen molar-refractivity contribution >= 4 is 34.0 Å². The number of thiazole rings is 1. The lowest BCUT2D eigenvalue weighted by atomic mass is 10.0. The van der Waals surface area contributed by atoms with Crippen molar-refractivity contribution in [3.63, 3.8) is 0 Å². The van der Waals surface area contributed by atoms with Gasteiger partial charge in [0.1, 0.15) is 4.88 Å². The summed E-state index contributed by atoms with van der Waals surface area (Å²) in [4.78, 5) is 22.6. The molecule has 4 rings (SSSR count). The minimum Gasteiger partial charge on any atom is -0.348 e. The maximum Gasteiger partial charge on any atom is 0.263 e. The van der Waals surface area contributed by atoms with Gasteiger partial charge in [-0.15, -0.1) is 0 Å². The standard InChI is InChI=1S/C21H27ClN4OS/c22-18-7-3-2-6-16(18)14-23-20(27)19-15-24-21(28-19)26-12-8-17(9-13-26)25-10-4-1-5-11-25/h2-3,6-7,15,17H,1,4-5,8-14H2,(H,23,27). The van der Waals surface area contributed by atoms with Crippen LogP contribution in [0.4, 0.5) is 5.13 Å². The van der Waals surface area contributed by atoms with E-state index in [9.17, 15) is 4.79 Å². The molecule has 5 nitrogen and oxygen atoms in total. The maximum atomic E-state index is 12.5. The molecule has 1 amide bonds. The van der Waals surface area contributed by atoms with E-state index in [-0.39, 0.29) is 5.91 Å². The van der Waals surface area contributed by atoms with E-state index in [1.807, 2.05) is 24.3 Å². The Kier molecular flexibility index (Phi) is 6.50. The van der Waals surface area contributed by atoms with Crippen molar-refractivity contribution in [1.82, 2.24) is 15.2 Å². The minimum atomic E-state index is -0.0909. The first-order valence-corrected chi connectivity index (χ1v) is 11.4. The molecule has 2 aliphatic heterocycles. The molecular weight excluding hydrogens is 392 g/mol. The monoisotopic (exact) mass is 418 g/mol. The van der Waals surface area contributed by atoms with E-state index in [2.05, 4.69) is 20.1 Å². The SMILES string of the molecule is O=C(NCc1ccccc1Cl)c1cnc(N2CCC(N3CCCCC3)CC2)s1. The molecule has 2 aliphatic rings. The fourth-order valence-corrected chi connectivity index (χ4v) is 5.21. The smallest absolute Gasteiger partial charge is 0.263 e. The van der Waals surface area contributed by atoms with Gasteiger partial charge in [-0.05, 0) is 50.4 Å². The van der Waals surface area contributed by atoms with Crippen LogP contribution < -0.4 is 10.2 Å². The molecule has 0 bridgehead atoms. The topological polar surface area (TPSA) is 48.5 Å². The molecule has 1 aromatic carbocycles. The number of nitrogens with zero attached hydrogens (tertiary/aromatic N) is 3. The van der Waals surface area contributed by atoms with Crippen LogP contribution in [-0.2, 0) is 6.54 Å². The first-order valence-electron chi connectivity index (χ1n) is 10.2. The Morgan fingerprint density at radius 3 is 2.64 bits per heavy atom. The van der Waals surface area contributed by atoms with Crippen LogP contribution >= 0.6 is 22.9 Å². The van der Waals surface area contributed by atoms with E-state index in [0.717, 1.165) is 29.8 Å². The predicted octanol–water partition coefficient (Wildman–Crippen LogP) is 4.18. The zero-order chi connectivity index (χ0) is 19.3. The molecular formula is C21H27ClN4OS. The lowest BCUT2D eigenvalue weighted by Gasteiger charge is -2.40. The Hall–Kier alpha value is -1.63. The number of amides is 1. The van der Waals surface area contributed by atoms with Crippen molar-refractivity contribution in [2.45, 2.75) is 44.7 Å². The second kappa shape index (κ2) is 9.25. The highest BCUT2D eigenvalue weighted by Gasteiger charge is 2.27. The van der Waals surface area contributed by atoms with Gasteiger partial charge in [0.05, 0.1) is 6.20 Å². The van der Waals surface area contributed by atoms with Crippen LogP contribution in [0.1, 0.15) is 47.3 Å². The average Bonchev–Trinajstić information content (AvgIpc) is 3.24. The summed E-state index contributed by atoms with van der Waals surface area (Å²) < 4.78 is 0. The molecule has 0 saturated carbocycles. The third-order valence-electron chi connectivity index (χ3n) is 5.76. The van der Waals surface area contributed by atoms with Crippen molar-refractivity contribution < 1.29 is 4.79 Å². The summed E-state index contributed by atoms with van der Waals surface area (Å²) in [6.45, 7) is 4.99. The number of halogens is 1. The van der Waals surface area contributed by atoms with Gasteiger partial charge in [-0.1, -0.05) is 47.6 Å². The summed E-state index contributed by atoms with van der Waals surface area (Å²) >= 11 is 7.64. The maximum absolute atomic E-state index is 12.5. The zero-order valence-electron chi connectivity index (χ0n) is 16.1. The largest absolute Gasteiger partial charge is 0.348 e. The Morgan fingerprint density at radius 2 is 1.89 bits per heavy atom. The molecule has 1 N–H and O–H groups in total. The van der Waals surface area contributed by atoms with Gasteiger partial charge >= 0.3 is 0 Å². The molecule has 0 radical (unpaired) electrons. The van der Waals surface area contributed by atoms with E-state index in [4.69, 9.17) is 11.6 Å². The molecule has 0 aliphatic carbocycles. The third-order valence-corrected chi connectivity index (χ3v) is 7.18. The van der Waals surface area contributed by atoms with Gasteiger partial charge in [-0.2, -0.15) is 0 Å². The van der Waals surface area contributed by atoms with Crippen LogP contribution in [0.25, 0.3) is 0 Å². The number of hydrogen-bond donors (Lipinski definition) is 1. The summed E-state index contributed by atoms with van der Waals surface area (Å²) in [5, 5.41) is 4.57. The molecule has 0 unspecified atom stereocenters. The van der Waals surface area contributed by atoms with Crippen LogP contribution in [0.5, 0.6) is 0 Å². The molecule has 2 saturated heterocycles. The van der Waals surface area contributed by atoms with Crippen LogP contribution in [0, 0.1) is 0 Å². The molecule has 1 aromatic heterocycles. The highest BCUT2D eigenvalue weighted by molar-refractivity contribution is 7.17. The van der Waals surface area contributed by atoms with Gasteiger partial charge in [0.2, 0.25) is 0 Å². The predicted molar refractivity (Wildman–Crippen MR) is 115 cm³/mol. The van der Waals surface area contributed by atoms with Crippen molar-refractivity contribution in [1.29, 1.82) is 0 Å². The Bertz CT molecular complexity index is 797. The van der Waals surface area contributed by atoms with Gasteiger partial charge < -0.3 is 15.1 Å². The summed E-state index contributed by atoms with van der Waals surface area (Å²) in [7, 11) is 0. The second-order valence-electron chi connectivity index (χ2n) is 7.60. The summed E-state index contributed by atoms with van der Waals surface area (Å²) in [5.74, 6) is -0.0909. The van der Waals surface area contributed by atoms with Gasteiger partial charge in [0, 0.05) is 30.7 Å². The number of rotatable bonds is 5. The van der Waals surface area contributed by atoms with Gasteiger partial charge in [-0.3, -0.25) is 4.79 Å². The number of anilines is 1. The molecule has 0 atom stereocenters. The Labute approximate surface area is 175 Å². The molecule has 2 aromatic rings. The molecule has 7 heteroatoms. The van der Waals surface area contributed by atoms with Gasteiger partial charge in [0.25, 0.3) is 5.91 Å². The Balaban J connectivity index is 1.29. The number of carbonyl (C=O) groups is 1. The highest BCUT2D eigenvalue weighted by Crippen LogP contribution is 2.28. The second-order valence-corrected chi connectivity index (χ2v) is 9.01. The number of nitrogens with one attached hydrogen (secondary N) is 1. The van der Waals surface area contributed by atoms with E-state index < -0.39 is 0 Å². The first-order chi connectivity index (χ1) is 13.7. The van der Waals surface area contributed by atoms with Crippen molar-refractivity contribution in [3.8, 4) is 0 Å². The first kappa shape index (κ1) is 19.7. The van der Waals surface area contributed by atoms with Crippen molar-refractivity contribution in [2.24, 2.45) is 0 Å². The molecule has 3 heterocycles. The highest BCUT2D eigenvalue weighted by atomic mass is 35.5. The molecule has 28 heavy (non-hydrogen) atoms. The summed E-state index contributed by atoms with van der Waals surface area (Å²) in [6.07, 6.45) is 8.15. The average molecular weight is 419 g/mol. The van der Waals surface area contributed by atoms with Crippen LogP contribution in [-0.4, -0.2) is 48.0 Å². The zero-order valence-corrected chi connectivity index (χ0v) is 17.6. The van der Waals surface area contributed by atoms with E-state index in [1.54, 1.807) is 6.20 Å². The molecule has 150 valence electrons. The number of benzene rings is 1. The minimum absolute atomic E-state index is 0.0909. The quantitative estimate of drug-likeness (QED) is 0.791. The Morgan fingerprint density at radius 1 is 1.14 bits per heavy atom. The third kappa shape index (κ3) is 4.67. The van der Waals surface area contributed by atoms with E-state index in [1.165, 1.54) is 56.5 Å². The summed E-state index contributed by atoms with van der Waals surface area (Å²) in [5.41, 5.74) is 0.919. The lowest BCUT2D eigenvalue weighted by Crippen LogP contribution is -2.46. The number of piperidine rings is 2. The van der Waals surface area contributed by atoms with Crippen LogP contribution in [0.15, 0.2) is 30.5 Å². The normalized spacial score (nSPS) is 19.0. The number of likely N-dealkylation sites (tertiary alicyclic amines) is 1. The van der Waals surface area contributed by atoms with Crippen LogP contribution in [0.2, 0.25) is 5.02 Å².